The highest BCUT2D eigenvalue weighted by Gasteiger charge is 2.40. The highest BCUT2D eigenvalue weighted by Crippen LogP contribution is 2.41. The Morgan fingerprint density at radius 3 is 2.40 bits per heavy atom. The lowest BCUT2D eigenvalue weighted by Crippen LogP contribution is -2.46. The summed E-state index contributed by atoms with van der Waals surface area (Å²) in [6.07, 6.45) is 5.43. The number of fused-ring (bicyclic) bond motifs is 2. The number of piperazine rings is 1. The van der Waals surface area contributed by atoms with Gasteiger partial charge in [-0.05, 0) is 61.7 Å². The van der Waals surface area contributed by atoms with Gasteiger partial charge in [-0.1, -0.05) is 29.8 Å². The van der Waals surface area contributed by atoms with E-state index in [4.69, 9.17) is 9.47 Å². The lowest BCUT2D eigenvalue weighted by Gasteiger charge is -2.36. The molecule has 30 heavy (non-hydrogen) atoms. The fraction of sp³-hybridized carbons (Fsp3) is 0.440. The van der Waals surface area contributed by atoms with Crippen molar-refractivity contribution < 1.29 is 13.9 Å². The Balaban J connectivity index is 1.14. The minimum absolute atomic E-state index is 0.174. The minimum Gasteiger partial charge on any atom is -0.369 e. The van der Waals surface area contributed by atoms with E-state index < -0.39 is 5.79 Å². The molecule has 2 aromatic rings. The van der Waals surface area contributed by atoms with Crippen LogP contribution in [-0.2, 0) is 21.7 Å². The van der Waals surface area contributed by atoms with Gasteiger partial charge in [-0.15, -0.1) is 0 Å². The van der Waals surface area contributed by atoms with Crippen molar-refractivity contribution >= 4 is 5.69 Å². The third-order valence-corrected chi connectivity index (χ3v) is 6.46. The molecule has 1 spiro atoms. The van der Waals surface area contributed by atoms with Crippen molar-refractivity contribution in [2.75, 3.05) is 50.8 Å². The van der Waals surface area contributed by atoms with E-state index in [1.54, 1.807) is 12.1 Å². The standard InChI is InChI=1S/C25H29FN2O2/c26-22-7-9-23(10-8-22)28-14-12-27(13-15-28)11-3-4-20-18-21-5-1-2-6-24(21)25(19-20)29-16-17-30-25/h1-2,5-10,19H,3-4,11-18H2. The van der Waals surface area contributed by atoms with Gasteiger partial charge in [0.25, 0.3) is 0 Å². The van der Waals surface area contributed by atoms with Crippen molar-refractivity contribution in [1.29, 1.82) is 0 Å². The fourth-order valence-corrected chi connectivity index (χ4v) is 4.90. The first-order chi connectivity index (χ1) is 14.7. The second kappa shape index (κ2) is 8.50. The summed E-state index contributed by atoms with van der Waals surface area (Å²) in [6, 6.07) is 15.3. The molecule has 0 saturated carbocycles. The molecular formula is C25H29FN2O2. The smallest absolute Gasteiger partial charge is 0.215 e. The summed E-state index contributed by atoms with van der Waals surface area (Å²) in [5.41, 5.74) is 5.03. The molecule has 4 nitrogen and oxygen atoms in total. The summed E-state index contributed by atoms with van der Waals surface area (Å²) in [6.45, 7) is 6.49. The molecule has 5 rings (SSSR count). The van der Waals surface area contributed by atoms with Crippen LogP contribution in [0.3, 0.4) is 0 Å². The average molecular weight is 409 g/mol. The topological polar surface area (TPSA) is 24.9 Å². The van der Waals surface area contributed by atoms with Crippen LogP contribution >= 0.6 is 0 Å². The molecule has 0 aromatic heterocycles. The van der Waals surface area contributed by atoms with E-state index in [2.05, 4.69) is 40.1 Å². The van der Waals surface area contributed by atoms with E-state index in [1.807, 2.05) is 12.1 Å². The highest BCUT2D eigenvalue weighted by molar-refractivity contribution is 5.46. The number of hydrogen-bond acceptors (Lipinski definition) is 4. The number of hydrogen-bond donors (Lipinski definition) is 0. The van der Waals surface area contributed by atoms with Gasteiger partial charge < -0.3 is 14.4 Å². The monoisotopic (exact) mass is 408 g/mol. The Kier molecular flexibility index (Phi) is 5.59. The summed E-state index contributed by atoms with van der Waals surface area (Å²) in [5.74, 6) is -0.836. The third-order valence-electron chi connectivity index (χ3n) is 6.46. The minimum atomic E-state index is -0.662. The maximum atomic E-state index is 13.1. The molecule has 158 valence electrons. The average Bonchev–Trinajstić information content (AvgIpc) is 3.24. The largest absolute Gasteiger partial charge is 0.369 e. The number of allylic oxidation sites excluding steroid dienone is 1. The predicted octanol–water partition coefficient (Wildman–Crippen LogP) is 4.11. The van der Waals surface area contributed by atoms with Crippen molar-refractivity contribution in [2.24, 2.45) is 0 Å². The Bertz CT molecular complexity index is 898. The molecule has 0 N–H and O–H groups in total. The molecule has 2 aromatic carbocycles. The Labute approximate surface area is 177 Å². The molecule has 0 amide bonds. The summed E-state index contributed by atoms with van der Waals surface area (Å²) < 4.78 is 25.3. The van der Waals surface area contributed by atoms with Gasteiger partial charge in [-0.3, -0.25) is 4.90 Å². The maximum absolute atomic E-state index is 13.1. The van der Waals surface area contributed by atoms with Gasteiger partial charge in [0.2, 0.25) is 5.79 Å². The first-order valence-corrected chi connectivity index (χ1v) is 11.0. The van der Waals surface area contributed by atoms with Crippen molar-refractivity contribution in [3.63, 3.8) is 0 Å². The first-order valence-electron chi connectivity index (χ1n) is 11.0. The van der Waals surface area contributed by atoms with Gasteiger partial charge in [0.05, 0.1) is 13.2 Å². The lowest BCUT2D eigenvalue weighted by atomic mass is 9.85. The van der Waals surface area contributed by atoms with E-state index in [-0.39, 0.29) is 5.82 Å². The molecular weight excluding hydrogens is 379 g/mol. The highest BCUT2D eigenvalue weighted by atomic mass is 19.1. The Morgan fingerprint density at radius 2 is 1.63 bits per heavy atom. The molecule has 2 saturated heterocycles. The SMILES string of the molecule is Fc1ccc(N2CCN(CCCC3=CC4(OCCO4)c4ccccc4C3)CC2)cc1. The first kappa shape index (κ1) is 19.7. The number of anilines is 1. The van der Waals surface area contributed by atoms with Crippen LogP contribution in [0.5, 0.6) is 0 Å². The molecule has 0 radical (unpaired) electrons. The molecule has 0 atom stereocenters. The van der Waals surface area contributed by atoms with E-state index in [9.17, 15) is 4.39 Å². The Morgan fingerprint density at radius 1 is 0.900 bits per heavy atom. The van der Waals surface area contributed by atoms with Crippen molar-refractivity contribution in [3.05, 3.63) is 77.1 Å². The molecule has 1 aliphatic carbocycles. The van der Waals surface area contributed by atoms with Gasteiger partial charge in [0.15, 0.2) is 0 Å². The molecule has 5 heteroatoms. The van der Waals surface area contributed by atoms with E-state index in [1.165, 1.54) is 16.7 Å². The van der Waals surface area contributed by atoms with Gasteiger partial charge in [-0.2, -0.15) is 0 Å². The summed E-state index contributed by atoms with van der Waals surface area (Å²) in [5, 5.41) is 0. The third kappa shape index (κ3) is 4.02. The normalized spacial score (nSPS) is 21.0. The van der Waals surface area contributed by atoms with Crippen LogP contribution in [0.25, 0.3) is 0 Å². The van der Waals surface area contributed by atoms with E-state index in [0.717, 1.165) is 57.7 Å². The van der Waals surface area contributed by atoms with E-state index >= 15 is 0 Å². The zero-order valence-electron chi connectivity index (χ0n) is 17.4. The molecule has 0 bridgehead atoms. The quantitative estimate of drug-likeness (QED) is 0.695. The van der Waals surface area contributed by atoms with Crippen LogP contribution in [0.4, 0.5) is 10.1 Å². The number of benzene rings is 2. The number of nitrogens with zero attached hydrogens (tertiary/aromatic N) is 2. The zero-order chi connectivity index (χ0) is 20.4. The molecule has 2 aliphatic heterocycles. The van der Waals surface area contributed by atoms with Crippen LogP contribution in [0.1, 0.15) is 24.0 Å². The molecule has 0 unspecified atom stereocenters. The number of halogens is 1. The second-order valence-corrected chi connectivity index (χ2v) is 8.41. The van der Waals surface area contributed by atoms with Gasteiger partial charge in [-0.25, -0.2) is 4.39 Å². The summed E-state index contributed by atoms with van der Waals surface area (Å²) in [4.78, 5) is 4.88. The van der Waals surface area contributed by atoms with E-state index in [0.29, 0.717) is 13.2 Å². The van der Waals surface area contributed by atoms with Crippen molar-refractivity contribution in [2.45, 2.75) is 25.0 Å². The summed E-state index contributed by atoms with van der Waals surface area (Å²) in [7, 11) is 0. The Hall–Kier alpha value is -2.21. The molecule has 2 heterocycles. The van der Waals surface area contributed by atoms with Crippen LogP contribution < -0.4 is 4.90 Å². The molecule has 2 fully saturated rings. The second-order valence-electron chi connectivity index (χ2n) is 8.41. The van der Waals surface area contributed by atoms with Crippen molar-refractivity contribution in [3.8, 4) is 0 Å². The van der Waals surface area contributed by atoms with Gasteiger partial charge in [0.1, 0.15) is 5.82 Å². The molecule has 3 aliphatic rings. The van der Waals surface area contributed by atoms with Crippen LogP contribution in [-0.4, -0.2) is 50.8 Å². The lowest BCUT2D eigenvalue weighted by molar-refractivity contribution is -0.125. The zero-order valence-corrected chi connectivity index (χ0v) is 17.4. The predicted molar refractivity (Wildman–Crippen MR) is 116 cm³/mol. The summed E-state index contributed by atoms with van der Waals surface area (Å²) >= 11 is 0. The maximum Gasteiger partial charge on any atom is 0.215 e. The van der Waals surface area contributed by atoms with Crippen LogP contribution in [0.2, 0.25) is 0 Å². The van der Waals surface area contributed by atoms with Gasteiger partial charge in [0, 0.05) is 37.4 Å². The van der Waals surface area contributed by atoms with Crippen molar-refractivity contribution in [1.82, 2.24) is 4.90 Å². The van der Waals surface area contributed by atoms with Crippen LogP contribution in [0, 0.1) is 5.82 Å². The number of ether oxygens (including phenoxy) is 2. The fourth-order valence-electron chi connectivity index (χ4n) is 4.90. The van der Waals surface area contributed by atoms with Gasteiger partial charge >= 0.3 is 0 Å². The van der Waals surface area contributed by atoms with Crippen LogP contribution in [0.15, 0.2) is 60.2 Å². The number of rotatable bonds is 5.